The second kappa shape index (κ2) is 47.7. The van der Waals surface area contributed by atoms with E-state index in [0.29, 0.717) is 6.61 Å². The van der Waals surface area contributed by atoms with Crippen molar-refractivity contribution in [3.05, 3.63) is 12.2 Å². The number of unbranched alkanes of at least 4 members (excludes halogenated alkanes) is 34. The van der Waals surface area contributed by atoms with Crippen molar-refractivity contribution in [2.24, 2.45) is 0 Å². The molecule has 3 unspecified atom stereocenters. The molecule has 0 aromatic rings. The van der Waals surface area contributed by atoms with Gasteiger partial charge in [0.2, 0.25) is 0 Å². The Morgan fingerprint density at radius 3 is 1.25 bits per heavy atom. The van der Waals surface area contributed by atoms with Gasteiger partial charge < -0.3 is 24.6 Å². The van der Waals surface area contributed by atoms with Crippen molar-refractivity contribution < 1.29 is 43.0 Å². The van der Waals surface area contributed by atoms with Gasteiger partial charge >= 0.3 is 13.8 Å². The van der Waals surface area contributed by atoms with Crippen molar-refractivity contribution in [2.45, 2.75) is 270 Å². The van der Waals surface area contributed by atoms with Gasteiger partial charge in [0.15, 0.2) is 0 Å². The molecule has 0 saturated heterocycles. The lowest BCUT2D eigenvalue weighted by atomic mass is 10.0. The molecule has 60 heavy (non-hydrogen) atoms. The number of carbonyl (C=O) groups is 1. The number of aliphatic hydroxyl groups is 2. The maximum absolute atomic E-state index is 12.7. The van der Waals surface area contributed by atoms with E-state index in [1.165, 1.54) is 199 Å². The van der Waals surface area contributed by atoms with Crippen molar-refractivity contribution in [2.75, 3.05) is 33.0 Å². The van der Waals surface area contributed by atoms with Crippen LogP contribution >= 0.6 is 7.82 Å². The van der Waals surface area contributed by atoms with E-state index in [1.54, 1.807) is 0 Å². The highest BCUT2D eigenvalue weighted by molar-refractivity contribution is 7.47. The molecule has 0 spiro atoms. The number of phosphoric ester groups is 1. The molecule has 0 aliphatic heterocycles. The van der Waals surface area contributed by atoms with Crippen LogP contribution < -0.4 is 0 Å². The van der Waals surface area contributed by atoms with Crippen LogP contribution in [0.1, 0.15) is 258 Å². The summed E-state index contributed by atoms with van der Waals surface area (Å²) in [6.45, 7) is 3.58. The number of phosphoric acid groups is 1. The summed E-state index contributed by atoms with van der Waals surface area (Å²) in [5, 5.41) is 18.4. The van der Waals surface area contributed by atoms with Crippen LogP contribution in [0.3, 0.4) is 0 Å². The Morgan fingerprint density at radius 1 is 0.500 bits per heavy atom. The number of carbonyl (C=O) groups excluding carboxylic acids is 1. The lowest BCUT2D eigenvalue weighted by molar-refractivity contribution is -0.154. The second-order valence-electron chi connectivity index (χ2n) is 17.5. The summed E-state index contributed by atoms with van der Waals surface area (Å²) in [5.41, 5.74) is 0. The summed E-state index contributed by atoms with van der Waals surface area (Å²) in [6, 6.07) is 0. The van der Waals surface area contributed by atoms with Crippen LogP contribution in [0.15, 0.2) is 12.2 Å². The van der Waals surface area contributed by atoms with Crippen LogP contribution in [0.25, 0.3) is 0 Å². The summed E-state index contributed by atoms with van der Waals surface area (Å²) >= 11 is 0. The molecular weight excluding hydrogens is 776 g/mol. The van der Waals surface area contributed by atoms with Gasteiger partial charge in [-0.1, -0.05) is 225 Å². The minimum Gasteiger partial charge on any atom is -0.457 e. The maximum Gasteiger partial charge on any atom is 0.472 e. The van der Waals surface area contributed by atoms with Crippen LogP contribution in [0.5, 0.6) is 0 Å². The highest BCUT2D eigenvalue weighted by Crippen LogP contribution is 2.43. The van der Waals surface area contributed by atoms with Crippen molar-refractivity contribution >= 4 is 13.8 Å². The van der Waals surface area contributed by atoms with E-state index < -0.39 is 33.2 Å². The number of rotatable bonds is 50. The quantitative estimate of drug-likeness (QED) is 0.0236. The largest absolute Gasteiger partial charge is 0.472 e. The molecule has 0 aromatic heterocycles. The average molecular weight is 875 g/mol. The monoisotopic (exact) mass is 875 g/mol. The lowest BCUT2D eigenvalue weighted by Crippen LogP contribution is -2.29. The number of esters is 1. The van der Waals surface area contributed by atoms with E-state index in [-0.39, 0.29) is 25.6 Å². The predicted molar refractivity (Wildman–Crippen MR) is 251 cm³/mol. The van der Waals surface area contributed by atoms with Gasteiger partial charge in [0.05, 0.1) is 26.4 Å². The van der Waals surface area contributed by atoms with Crippen LogP contribution in [-0.4, -0.2) is 66.3 Å². The first-order valence-corrected chi connectivity index (χ1v) is 27.2. The lowest BCUT2D eigenvalue weighted by Gasteiger charge is -2.20. The molecule has 0 amide bonds. The van der Waals surface area contributed by atoms with Gasteiger partial charge in [-0.15, -0.1) is 0 Å². The van der Waals surface area contributed by atoms with Crippen LogP contribution in [-0.2, 0) is 27.9 Å². The van der Waals surface area contributed by atoms with E-state index in [4.69, 9.17) is 23.6 Å². The van der Waals surface area contributed by atoms with E-state index in [2.05, 4.69) is 26.0 Å². The molecule has 0 aromatic carbocycles. The van der Waals surface area contributed by atoms with E-state index >= 15 is 0 Å². The smallest absolute Gasteiger partial charge is 0.457 e. The summed E-state index contributed by atoms with van der Waals surface area (Å²) in [5.74, 6) is -0.376. The molecule has 0 rings (SSSR count). The topological polar surface area (TPSA) is 132 Å². The Morgan fingerprint density at radius 2 is 0.850 bits per heavy atom. The number of ether oxygens (including phenoxy) is 2. The Kier molecular flexibility index (Phi) is 47.0. The van der Waals surface area contributed by atoms with E-state index in [9.17, 15) is 19.4 Å². The van der Waals surface area contributed by atoms with Gasteiger partial charge in [0.25, 0.3) is 0 Å². The Labute approximate surface area is 370 Å². The molecule has 0 saturated carbocycles. The van der Waals surface area contributed by atoms with E-state index in [1.807, 2.05) is 0 Å². The Balaban J connectivity index is 4.04. The summed E-state index contributed by atoms with van der Waals surface area (Å²) < 4.78 is 33.5. The first-order valence-electron chi connectivity index (χ1n) is 25.7. The number of hydrogen-bond donors (Lipinski definition) is 3. The number of hydrogen-bond acceptors (Lipinski definition) is 8. The minimum absolute atomic E-state index is 0.0533. The summed E-state index contributed by atoms with van der Waals surface area (Å²) in [4.78, 5) is 22.7. The van der Waals surface area contributed by atoms with Crippen LogP contribution in [0, 0.1) is 0 Å². The molecule has 0 radical (unpaired) electrons. The maximum atomic E-state index is 12.7. The van der Waals surface area contributed by atoms with Crippen molar-refractivity contribution in [1.82, 2.24) is 0 Å². The van der Waals surface area contributed by atoms with Crippen LogP contribution in [0.2, 0.25) is 0 Å². The van der Waals surface area contributed by atoms with Gasteiger partial charge in [0.1, 0.15) is 12.2 Å². The Bertz CT molecular complexity index is 949. The zero-order valence-corrected chi connectivity index (χ0v) is 40.3. The molecular formula is C50H99O9P. The second-order valence-corrected chi connectivity index (χ2v) is 19.0. The third kappa shape index (κ3) is 46.7. The van der Waals surface area contributed by atoms with Gasteiger partial charge in [-0.3, -0.25) is 13.8 Å². The number of aliphatic hydroxyl groups excluding tert-OH is 2. The van der Waals surface area contributed by atoms with Gasteiger partial charge in [-0.25, -0.2) is 4.57 Å². The standard InChI is InChI=1S/C50H99O9P/c1-3-5-7-9-11-13-15-17-19-21-23-24-26-28-30-32-34-36-38-40-42-50(53)59-49(47-58-60(54,55)57-45-48(52)44-51)46-56-43-41-39-37-35-33-31-29-27-25-22-20-18-16-14-12-10-8-6-4-2/h20,22,48-49,51-52H,3-19,21,23-47H2,1-2H3,(H,54,55)/b22-20-. The molecule has 358 valence electrons. The highest BCUT2D eigenvalue weighted by atomic mass is 31.2. The summed E-state index contributed by atoms with van der Waals surface area (Å²) in [6.07, 6.45) is 50.3. The summed E-state index contributed by atoms with van der Waals surface area (Å²) in [7, 11) is -4.52. The average Bonchev–Trinajstić information content (AvgIpc) is 3.24. The molecule has 0 heterocycles. The normalized spacial score (nSPS) is 13.9. The molecule has 0 aliphatic rings. The zero-order valence-electron chi connectivity index (χ0n) is 39.5. The minimum atomic E-state index is -4.52. The fourth-order valence-electron chi connectivity index (χ4n) is 7.53. The zero-order chi connectivity index (χ0) is 43.9. The van der Waals surface area contributed by atoms with Crippen molar-refractivity contribution in [3.8, 4) is 0 Å². The molecule has 3 N–H and O–H groups in total. The van der Waals surface area contributed by atoms with Crippen molar-refractivity contribution in [3.63, 3.8) is 0 Å². The van der Waals surface area contributed by atoms with Gasteiger partial charge in [0, 0.05) is 13.0 Å². The first kappa shape index (κ1) is 59.2. The van der Waals surface area contributed by atoms with Crippen LogP contribution in [0.4, 0.5) is 0 Å². The number of allylic oxidation sites excluding steroid dienone is 2. The third-order valence-corrected chi connectivity index (χ3v) is 12.4. The first-order chi connectivity index (χ1) is 29.3. The molecule has 3 atom stereocenters. The van der Waals surface area contributed by atoms with Gasteiger partial charge in [-0.05, 0) is 38.5 Å². The predicted octanol–water partition coefficient (Wildman–Crippen LogP) is 14.8. The molecule has 0 bridgehead atoms. The Hall–Kier alpha value is -0.800. The fourth-order valence-corrected chi connectivity index (χ4v) is 8.32. The highest BCUT2D eigenvalue weighted by Gasteiger charge is 2.26. The molecule has 0 aliphatic carbocycles. The fraction of sp³-hybridized carbons (Fsp3) is 0.940. The van der Waals surface area contributed by atoms with Gasteiger partial charge in [-0.2, -0.15) is 0 Å². The molecule has 10 heteroatoms. The molecule has 9 nitrogen and oxygen atoms in total. The SMILES string of the molecule is CCCCCCCCC/C=C\CCCCCCCCCCOCC(COP(=O)(O)OCC(O)CO)OC(=O)CCCCCCCCCCCCCCCCCCCCCC. The third-order valence-electron chi connectivity index (χ3n) is 11.5. The van der Waals surface area contributed by atoms with E-state index in [0.717, 1.165) is 38.5 Å². The van der Waals surface area contributed by atoms with Crippen molar-refractivity contribution in [1.29, 1.82) is 0 Å². The molecule has 0 fully saturated rings.